The van der Waals surface area contributed by atoms with Crippen molar-refractivity contribution in [2.45, 2.75) is 26.2 Å². The second-order valence-electron chi connectivity index (χ2n) is 7.29. The van der Waals surface area contributed by atoms with Crippen LogP contribution in [0.3, 0.4) is 0 Å². The topological polar surface area (TPSA) is 86.8 Å². The predicted octanol–water partition coefficient (Wildman–Crippen LogP) is 2.09. The number of benzene rings is 1. The average Bonchev–Trinajstić information content (AvgIpc) is 2.97. The van der Waals surface area contributed by atoms with Crippen molar-refractivity contribution >= 4 is 29.3 Å². The molecule has 1 aliphatic carbocycles. The van der Waals surface area contributed by atoms with Crippen LogP contribution in [0, 0.1) is 23.5 Å². The first-order chi connectivity index (χ1) is 14.3. The van der Waals surface area contributed by atoms with Gasteiger partial charge in [-0.3, -0.25) is 24.1 Å². The van der Waals surface area contributed by atoms with E-state index in [1.165, 1.54) is 11.0 Å². The van der Waals surface area contributed by atoms with Gasteiger partial charge in [0.1, 0.15) is 17.3 Å². The molecule has 9 heteroatoms. The van der Waals surface area contributed by atoms with Gasteiger partial charge in [0.05, 0.1) is 18.4 Å². The summed E-state index contributed by atoms with van der Waals surface area (Å²) in [6.07, 6.45) is 4.69. The third-order valence-electron chi connectivity index (χ3n) is 5.44. The van der Waals surface area contributed by atoms with Gasteiger partial charge in [-0.05, 0) is 31.9 Å². The maximum absolute atomic E-state index is 13.7. The van der Waals surface area contributed by atoms with E-state index in [1.807, 2.05) is 12.2 Å². The highest BCUT2D eigenvalue weighted by molar-refractivity contribution is 6.05. The molecule has 1 N–H and O–H groups in total. The number of imide groups is 1. The fraction of sp³-hybridized carbons (Fsp3) is 0.429. The van der Waals surface area contributed by atoms with Gasteiger partial charge in [0.15, 0.2) is 0 Å². The molecule has 0 saturated carbocycles. The summed E-state index contributed by atoms with van der Waals surface area (Å²) in [7, 11) is 0. The highest BCUT2D eigenvalue weighted by atomic mass is 19.1. The quantitative estimate of drug-likeness (QED) is 0.542. The minimum absolute atomic E-state index is 0.0520. The molecule has 1 aromatic rings. The molecule has 1 saturated heterocycles. The lowest BCUT2D eigenvalue weighted by Crippen LogP contribution is -2.40. The zero-order valence-electron chi connectivity index (χ0n) is 16.6. The summed E-state index contributed by atoms with van der Waals surface area (Å²) in [6, 6.07) is 3.20. The summed E-state index contributed by atoms with van der Waals surface area (Å²) < 4.78 is 27.3. The first-order valence-corrected chi connectivity index (χ1v) is 9.85. The lowest BCUT2D eigenvalue weighted by atomic mass is 9.85. The number of likely N-dealkylation sites (tertiary alicyclic amines) is 1. The van der Waals surface area contributed by atoms with E-state index in [0.717, 1.165) is 17.0 Å². The monoisotopic (exact) mass is 419 g/mol. The Hall–Kier alpha value is -3.10. The van der Waals surface area contributed by atoms with E-state index in [1.54, 1.807) is 6.92 Å². The molecule has 1 fully saturated rings. The SMILES string of the molecule is CCN(CC(=O)Nc1c(F)cccc1F)C(=O)CCN1C(=O)[C@H]2CC=CC[C@@H]2C1=O. The van der Waals surface area contributed by atoms with Crippen LogP contribution in [-0.2, 0) is 19.2 Å². The summed E-state index contributed by atoms with van der Waals surface area (Å²) in [4.78, 5) is 51.9. The summed E-state index contributed by atoms with van der Waals surface area (Å²) >= 11 is 0. The first-order valence-electron chi connectivity index (χ1n) is 9.85. The van der Waals surface area contributed by atoms with Crippen LogP contribution in [0.15, 0.2) is 30.4 Å². The van der Waals surface area contributed by atoms with Gasteiger partial charge in [-0.2, -0.15) is 0 Å². The summed E-state index contributed by atoms with van der Waals surface area (Å²) in [5, 5.41) is 2.13. The molecule has 30 heavy (non-hydrogen) atoms. The number of carbonyl (C=O) groups excluding carboxylic acids is 4. The molecule has 2 aliphatic rings. The molecule has 2 atom stereocenters. The molecule has 1 aromatic carbocycles. The zero-order valence-corrected chi connectivity index (χ0v) is 16.6. The maximum Gasteiger partial charge on any atom is 0.244 e. The number of amides is 4. The number of carbonyl (C=O) groups is 4. The van der Waals surface area contributed by atoms with Gasteiger partial charge in [-0.15, -0.1) is 0 Å². The van der Waals surface area contributed by atoms with Crippen LogP contribution in [0.4, 0.5) is 14.5 Å². The van der Waals surface area contributed by atoms with Crippen molar-refractivity contribution in [2.75, 3.05) is 25.0 Å². The van der Waals surface area contributed by atoms with Crippen LogP contribution >= 0.6 is 0 Å². The van der Waals surface area contributed by atoms with E-state index >= 15 is 0 Å². The number of rotatable bonds is 7. The molecule has 0 aromatic heterocycles. The predicted molar refractivity (Wildman–Crippen MR) is 104 cm³/mol. The highest BCUT2D eigenvalue weighted by Gasteiger charge is 2.47. The molecule has 1 aliphatic heterocycles. The van der Waals surface area contributed by atoms with Crippen LogP contribution < -0.4 is 5.32 Å². The summed E-state index contributed by atoms with van der Waals surface area (Å²) in [5.41, 5.74) is -0.574. The van der Waals surface area contributed by atoms with Crippen LogP contribution in [0.2, 0.25) is 0 Å². The average molecular weight is 419 g/mol. The smallest absolute Gasteiger partial charge is 0.244 e. The maximum atomic E-state index is 13.7. The normalized spacial score (nSPS) is 20.3. The molecule has 1 heterocycles. The minimum atomic E-state index is -0.917. The lowest BCUT2D eigenvalue weighted by molar-refractivity contribution is -0.141. The van der Waals surface area contributed by atoms with E-state index in [4.69, 9.17) is 0 Å². The van der Waals surface area contributed by atoms with E-state index in [2.05, 4.69) is 5.32 Å². The van der Waals surface area contributed by atoms with Crippen molar-refractivity contribution < 1.29 is 28.0 Å². The number of hydrogen-bond donors (Lipinski definition) is 1. The molecule has 160 valence electrons. The number of halogens is 2. The second kappa shape index (κ2) is 9.15. The van der Waals surface area contributed by atoms with Crippen LogP contribution in [0.25, 0.3) is 0 Å². The Morgan fingerprint density at radius 3 is 2.20 bits per heavy atom. The van der Waals surface area contributed by atoms with E-state index in [-0.39, 0.29) is 43.2 Å². The Kier molecular flexibility index (Phi) is 6.59. The van der Waals surface area contributed by atoms with E-state index < -0.39 is 35.7 Å². The molecule has 7 nitrogen and oxygen atoms in total. The Balaban J connectivity index is 1.55. The first kappa shape index (κ1) is 21.6. The van der Waals surface area contributed by atoms with Crippen molar-refractivity contribution in [1.29, 1.82) is 0 Å². The van der Waals surface area contributed by atoms with Gasteiger partial charge in [0.2, 0.25) is 23.6 Å². The van der Waals surface area contributed by atoms with Crippen molar-refractivity contribution in [3.63, 3.8) is 0 Å². The third kappa shape index (κ3) is 4.39. The number of nitrogens with zero attached hydrogens (tertiary/aromatic N) is 2. The summed E-state index contributed by atoms with van der Waals surface area (Å²) in [5.74, 6) is -4.27. The Morgan fingerprint density at radius 2 is 1.67 bits per heavy atom. The standard InChI is InChI=1S/C21H23F2N3O4/c1-2-25(12-17(27)24-19-15(22)8-5-9-16(19)23)18(28)10-11-26-20(29)13-6-3-4-7-14(13)21(26)30/h3-5,8-9,13-14H,2,6-7,10-12H2,1H3,(H,24,27)/t13-,14-/m0/s1. The van der Waals surface area contributed by atoms with Crippen LogP contribution in [0.5, 0.6) is 0 Å². The number of likely N-dealkylation sites (N-methyl/N-ethyl adjacent to an activating group) is 1. The van der Waals surface area contributed by atoms with Gasteiger partial charge in [-0.25, -0.2) is 8.78 Å². The Labute approximate surface area is 172 Å². The molecule has 4 amide bonds. The highest BCUT2D eigenvalue weighted by Crippen LogP contribution is 2.35. The van der Waals surface area contributed by atoms with E-state index in [0.29, 0.717) is 12.8 Å². The number of para-hydroxylation sites is 1. The number of fused-ring (bicyclic) bond motifs is 1. The fourth-order valence-electron chi connectivity index (χ4n) is 3.80. The van der Waals surface area contributed by atoms with Gasteiger partial charge >= 0.3 is 0 Å². The number of hydrogen-bond acceptors (Lipinski definition) is 4. The van der Waals surface area contributed by atoms with Gasteiger partial charge < -0.3 is 10.2 Å². The van der Waals surface area contributed by atoms with Crippen molar-refractivity contribution in [1.82, 2.24) is 9.80 Å². The molecular formula is C21H23F2N3O4. The number of nitrogens with one attached hydrogen (secondary N) is 1. The van der Waals surface area contributed by atoms with Gasteiger partial charge in [0, 0.05) is 19.5 Å². The van der Waals surface area contributed by atoms with E-state index in [9.17, 15) is 28.0 Å². The zero-order chi connectivity index (χ0) is 21.8. The molecule has 0 bridgehead atoms. The third-order valence-corrected chi connectivity index (χ3v) is 5.44. The number of allylic oxidation sites excluding steroid dienone is 2. The molecule has 0 spiro atoms. The number of anilines is 1. The van der Waals surface area contributed by atoms with Crippen molar-refractivity contribution in [3.8, 4) is 0 Å². The summed E-state index contributed by atoms with van der Waals surface area (Å²) in [6.45, 7) is 1.38. The minimum Gasteiger partial charge on any atom is -0.334 e. The lowest BCUT2D eigenvalue weighted by Gasteiger charge is -2.22. The fourth-order valence-corrected chi connectivity index (χ4v) is 3.80. The van der Waals surface area contributed by atoms with Gasteiger partial charge in [-0.1, -0.05) is 18.2 Å². The Morgan fingerprint density at radius 1 is 1.10 bits per heavy atom. The molecule has 0 radical (unpaired) electrons. The Bertz CT molecular complexity index is 856. The molecule has 3 rings (SSSR count). The van der Waals surface area contributed by atoms with Crippen molar-refractivity contribution in [2.24, 2.45) is 11.8 Å². The van der Waals surface area contributed by atoms with Crippen molar-refractivity contribution in [3.05, 3.63) is 42.0 Å². The van der Waals surface area contributed by atoms with Gasteiger partial charge in [0.25, 0.3) is 0 Å². The largest absolute Gasteiger partial charge is 0.334 e. The molecular weight excluding hydrogens is 396 g/mol. The molecule has 0 unspecified atom stereocenters. The van der Waals surface area contributed by atoms with Crippen LogP contribution in [-0.4, -0.2) is 53.1 Å². The second-order valence-corrected chi connectivity index (χ2v) is 7.29. The van der Waals surface area contributed by atoms with Crippen LogP contribution in [0.1, 0.15) is 26.2 Å².